The maximum atomic E-state index is 12.8. The molecule has 2 heterocycles. The Hall–Kier alpha value is -0.960. The number of halogens is 4. The molecule has 0 amide bonds. The summed E-state index contributed by atoms with van der Waals surface area (Å²) in [6.45, 7) is 0. The average molecular weight is 578 g/mol. The molecule has 0 spiro atoms. The van der Waals surface area contributed by atoms with E-state index in [1.54, 1.807) is 12.1 Å². The first-order valence-corrected chi connectivity index (χ1v) is 9.86. The second-order valence-electron chi connectivity index (χ2n) is 5.23. The second kappa shape index (κ2) is 5.79. The standard InChI is InChI=1S/C16H6Br4N2O2/c17-5-1-7(19)11-9(3-5)21-13(15(11)23)14-16(24)12-8(20)2-6(18)4-10(12)22-14/h1-4,21,23H. The molecule has 120 valence electrons. The van der Waals surface area contributed by atoms with Gasteiger partial charge in [-0.25, -0.2) is 4.99 Å². The van der Waals surface area contributed by atoms with Crippen LogP contribution in [0, 0.1) is 0 Å². The molecule has 0 unspecified atom stereocenters. The number of aromatic nitrogens is 1. The number of carbonyl (C=O) groups is 1. The van der Waals surface area contributed by atoms with Gasteiger partial charge in [0.1, 0.15) is 11.4 Å². The van der Waals surface area contributed by atoms with Crippen molar-refractivity contribution >= 4 is 91.8 Å². The molecule has 2 N–H and O–H groups in total. The Morgan fingerprint density at radius 2 is 1.62 bits per heavy atom. The fraction of sp³-hybridized carbons (Fsp3) is 0. The van der Waals surface area contributed by atoms with Gasteiger partial charge in [0.05, 0.1) is 22.2 Å². The minimum Gasteiger partial charge on any atom is -0.505 e. The van der Waals surface area contributed by atoms with Gasteiger partial charge in [-0.2, -0.15) is 0 Å². The fourth-order valence-corrected chi connectivity index (χ4v) is 5.53. The van der Waals surface area contributed by atoms with Gasteiger partial charge in [-0.05, 0) is 56.1 Å². The third kappa shape index (κ3) is 2.42. The number of ketones is 1. The highest BCUT2D eigenvalue weighted by Gasteiger charge is 2.32. The predicted octanol–water partition coefficient (Wildman–Crippen LogP) is 6.24. The van der Waals surface area contributed by atoms with Crippen molar-refractivity contribution in [2.75, 3.05) is 0 Å². The lowest BCUT2D eigenvalue weighted by Crippen LogP contribution is -2.12. The number of aliphatic imine (C=N–C) groups is 1. The topological polar surface area (TPSA) is 65.5 Å². The minimum atomic E-state index is -0.235. The van der Waals surface area contributed by atoms with Crippen LogP contribution in [0.3, 0.4) is 0 Å². The number of nitrogens with zero attached hydrogens (tertiary/aromatic N) is 1. The average Bonchev–Trinajstić information content (AvgIpc) is 2.96. The van der Waals surface area contributed by atoms with Crippen LogP contribution in [0.4, 0.5) is 5.69 Å². The molecule has 1 aliphatic heterocycles. The summed E-state index contributed by atoms with van der Waals surface area (Å²) in [5.41, 5.74) is 2.27. The van der Waals surface area contributed by atoms with Crippen LogP contribution in [0.2, 0.25) is 0 Å². The lowest BCUT2D eigenvalue weighted by atomic mass is 10.1. The molecule has 4 nitrogen and oxygen atoms in total. The molecule has 4 rings (SSSR count). The molecule has 0 aliphatic carbocycles. The number of fused-ring (bicyclic) bond motifs is 2. The molecule has 1 aliphatic rings. The van der Waals surface area contributed by atoms with E-state index < -0.39 is 0 Å². The van der Waals surface area contributed by atoms with Gasteiger partial charge in [0, 0.05) is 17.9 Å². The highest BCUT2D eigenvalue weighted by molar-refractivity contribution is 9.11. The summed E-state index contributed by atoms with van der Waals surface area (Å²) in [6, 6.07) is 7.24. The Bertz CT molecular complexity index is 1090. The number of rotatable bonds is 1. The number of benzene rings is 2. The first-order chi connectivity index (χ1) is 11.4. The Kier molecular flexibility index (Phi) is 3.98. The van der Waals surface area contributed by atoms with Crippen LogP contribution in [0.15, 0.2) is 47.1 Å². The van der Waals surface area contributed by atoms with E-state index in [0.29, 0.717) is 32.3 Å². The number of aromatic hydroxyl groups is 1. The Balaban J connectivity index is 1.95. The van der Waals surface area contributed by atoms with E-state index in [-0.39, 0.29) is 17.2 Å². The second-order valence-corrected chi connectivity index (χ2v) is 8.77. The van der Waals surface area contributed by atoms with E-state index >= 15 is 0 Å². The van der Waals surface area contributed by atoms with Crippen molar-refractivity contribution in [1.82, 2.24) is 4.98 Å². The molecule has 8 heteroatoms. The van der Waals surface area contributed by atoms with Crippen LogP contribution in [0.5, 0.6) is 5.75 Å². The molecule has 0 fully saturated rings. The number of H-pyrrole nitrogens is 1. The van der Waals surface area contributed by atoms with E-state index in [0.717, 1.165) is 13.4 Å². The quantitative estimate of drug-likeness (QED) is 0.360. The summed E-state index contributed by atoms with van der Waals surface area (Å²) in [6.07, 6.45) is 0. The molecule has 1 aromatic heterocycles. The molecular weight excluding hydrogens is 572 g/mol. The third-order valence-electron chi connectivity index (χ3n) is 3.73. The molecule has 3 aromatic rings. The lowest BCUT2D eigenvalue weighted by molar-refractivity contribution is 0.106. The van der Waals surface area contributed by atoms with Crippen molar-refractivity contribution in [3.63, 3.8) is 0 Å². The van der Waals surface area contributed by atoms with Crippen LogP contribution in [0.25, 0.3) is 10.9 Å². The molecule has 0 atom stereocenters. The highest BCUT2D eigenvalue weighted by Crippen LogP contribution is 2.41. The van der Waals surface area contributed by atoms with Crippen LogP contribution in [-0.2, 0) is 0 Å². The van der Waals surface area contributed by atoms with E-state index in [9.17, 15) is 9.90 Å². The van der Waals surface area contributed by atoms with Crippen LogP contribution in [0.1, 0.15) is 16.1 Å². The van der Waals surface area contributed by atoms with Crippen molar-refractivity contribution in [2.24, 2.45) is 4.99 Å². The smallest absolute Gasteiger partial charge is 0.216 e. The Labute approximate surface area is 169 Å². The van der Waals surface area contributed by atoms with Crippen molar-refractivity contribution in [3.8, 4) is 5.75 Å². The maximum Gasteiger partial charge on any atom is 0.216 e. The van der Waals surface area contributed by atoms with Gasteiger partial charge in [0.25, 0.3) is 0 Å². The molecule has 0 saturated carbocycles. The Morgan fingerprint density at radius 3 is 2.38 bits per heavy atom. The number of aromatic amines is 1. The van der Waals surface area contributed by atoms with Gasteiger partial charge in [-0.15, -0.1) is 0 Å². The molecule has 0 radical (unpaired) electrons. The zero-order chi connectivity index (χ0) is 17.2. The van der Waals surface area contributed by atoms with Crippen molar-refractivity contribution in [1.29, 1.82) is 0 Å². The summed E-state index contributed by atoms with van der Waals surface area (Å²) >= 11 is 13.6. The first kappa shape index (κ1) is 16.5. The monoisotopic (exact) mass is 574 g/mol. The molecule has 24 heavy (non-hydrogen) atoms. The van der Waals surface area contributed by atoms with E-state index in [1.165, 1.54) is 0 Å². The number of nitrogens with one attached hydrogen (secondary N) is 1. The molecule has 0 bridgehead atoms. The number of hydrogen-bond acceptors (Lipinski definition) is 3. The van der Waals surface area contributed by atoms with Gasteiger partial charge in [-0.3, -0.25) is 4.79 Å². The van der Waals surface area contributed by atoms with Crippen molar-refractivity contribution in [2.45, 2.75) is 0 Å². The summed E-state index contributed by atoms with van der Waals surface area (Å²) in [5.74, 6) is -0.235. The van der Waals surface area contributed by atoms with Gasteiger partial charge in [0.15, 0.2) is 5.75 Å². The first-order valence-electron chi connectivity index (χ1n) is 6.69. The van der Waals surface area contributed by atoms with E-state index in [4.69, 9.17) is 0 Å². The lowest BCUT2D eigenvalue weighted by Gasteiger charge is -2.01. The van der Waals surface area contributed by atoms with Crippen LogP contribution in [-0.4, -0.2) is 21.6 Å². The van der Waals surface area contributed by atoms with Gasteiger partial charge < -0.3 is 10.1 Å². The summed E-state index contributed by atoms with van der Waals surface area (Å²) in [7, 11) is 0. The van der Waals surface area contributed by atoms with Gasteiger partial charge in [-0.1, -0.05) is 31.9 Å². The highest BCUT2D eigenvalue weighted by atomic mass is 79.9. The molecule has 0 saturated heterocycles. The van der Waals surface area contributed by atoms with Crippen molar-refractivity contribution in [3.05, 3.63) is 53.4 Å². The zero-order valence-electron chi connectivity index (χ0n) is 11.6. The largest absolute Gasteiger partial charge is 0.505 e. The van der Waals surface area contributed by atoms with Crippen LogP contribution >= 0.6 is 63.7 Å². The number of carbonyl (C=O) groups excluding carboxylic acids is 1. The van der Waals surface area contributed by atoms with Gasteiger partial charge >= 0.3 is 0 Å². The minimum absolute atomic E-state index is 0.000491. The fourth-order valence-electron chi connectivity index (χ4n) is 2.74. The predicted molar refractivity (Wildman–Crippen MR) is 108 cm³/mol. The van der Waals surface area contributed by atoms with Crippen LogP contribution < -0.4 is 0 Å². The van der Waals surface area contributed by atoms with Gasteiger partial charge in [0.2, 0.25) is 5.78 Å². The van der Waals surface area contributed by atoms with Crippen molar-refractivity contribution < 1.29 is 9.90 Å². The molecule has 2 aromatic carbocycles. The van der Waals surface area contributed by atoms with E-state index in [1.807, 2.05) is 12.1 Å². The SMILES string of the molecule is O=C1C(c2[nH]c3cc(Br)cc(Br)c3c2O)=Nc2cc(Br)cc(Br)c21. The third-order valence-corrected chi connectivity index (χ3v) is 5.90. The summed E-state index contributed by atoms with van der Waals surface area (Å²) < 4.78 is 3.05. The zero-order valence-corrected chi connectivity index (χ0v) is 18.0. The normalized spacial score (nSPS) is 13.5. The summed E-state index contributed by atoms with van der Waals surface area (Å²) in [5, 5.41) is 11.2. The number of hydrogen-bond donors (Lipinski definition) is 2. The van der Waals surface area contributed by atoms with E-state index in [2.05, 4.69) is 73.7 Å². The molecular formula is C16H6Br4N2O2. The Morgan fingerprint density at radius 1 is 0.958 bits per heavy atom. The number of Topliss-reactive ketones (excluding diaryl/α,β-unsaturated/α-hetero) is 1. The maximum absolute atomic E-state index is 12.8. The summed E-state index contributed by atoms with van der Waals surface area (Å²) in [4.78, 5) is 20.3.